The van der Waals surface area contributed by atoms with Gasteiger partial charge in [-0.15, -0.1) is 11.8 Å². The van der Waals surface area contributed by atoms with Crippen LogP contribution in [0.1, 0.15) is 15.9 Å². The number of halogens is 1. The summed E-state index contributed by atoms with van der Waals surface area (Å²) in [5.74, 6) is 0.0338. The lowest BCUT2D eigenvalue weighted by molar-refractivity contribution is 0.104. The van der Waals surface area contributed by atoms with Crippen molar-refractivity contribution in [1.29, 1.82) is 0 Å². The first-order valence-corrected chi connectivity index (χ1v) is 8.11. The minimum absolute atomic E-state index is 0.0338. The van der Waals surface area contributed by atoms with Crippen molar-refractivity contribution in [2.75, 3.05) is 6.26 Å². The van der Waals surface area contributed by atoms with Crippen molar-refractivity contribution in [3.05, 3.63) is 69.3 Å². The van der Waals surface area contributed by atoms with E-state index in [-0.39, 0.29) is 5.78 Å². The Morgan fingerprint density at radius 2 is 1.89 bits per heavy atom. The maximum Gasteiger partial charge on any atom is 0.185 e. The van der Waals surface area contributed by atoms with E-state index in [2.05, 4.69) is 22.6 Å². The lowest BCUT2D eigenvalue weighted by Crippen LogP contribution is -1.93. The molecule has 0 aliphatic rings. The van der Waals surface area contributed by atoms with Gasteiger partial charge in [-0.2, -0.15) is 0 Å². The Labute approximate surface area is 131 Å². The van der Waals surface area contributed by atoms with Crippen molar-refractivity contribution in [2.45, 2.75) is 4.90 Å². The summed E-state index contributed by atoms with van der Waals surface area (Å²) in [5.41, 5.74) is 1.76. The summed E-state index contributed by atoms with van der Waals surface area (Å²) in [7, 11) is 0. The van der Waals surface area contributed by atoms with Crippen LogP contribution in [0, 0.1) is 3.57 Å². The summed E-state index contributed by atoms with van der Waals surface area (Å²) in [5, 5.41) is 0. The molecule has 0 aliphatic heterocycles. The van der Waals surface area contributed by atoms with Crippen molar-refractivity contribution in [2.24, 2.45) is 0 Å². The molecule has 0 bridgehead atoms. The SMILES string of the molecule is CSc1ccc(C(=O)/C=C/c2cccc(I)c2)cc1. The Morgan fingerprint density at radius 3 is 2.53 bits per heavy atom. The van der Waals surface area contributed by atoms with Gasteiger partial charge in [0, 0.05) is 14.0 Å². The van der Waals surface area contributed by atoms with Crippen molar-refractivity contribution >= 4 is 46.2 Å². The van der Waals surface area contributed by atoms with E-state index < -0.39 is 0 Å². The van der Waals surface area contributed by atoms with Crippen molar-refractivity contribution in [3.8, 4) is 0 Å². The molecule has 2 aromatic carbocycles. The number of carbonyl (C=O) groups is 1. The normalized spacial score (nSPS) is 10.8. The lowest BCUT2D eigenvalue weighted by Gasteiger charge is -1.99. The first-order chi connectivity index (χ1) is 9.19. The first kappa shape index (κ1) is 14.3. The summed E-state index contributed by atoms with van der Waals surface area (Å²) in [6.45, 7) is 0. The van der Waals surface area contributed by atoms with Crippen LogP contribution >= 0.6 is 34.4 Å². The third kappa shape index (κ3) is 4.21. The van der Waals surface area contributed by atoms with E-state index in [9.17, 15) is 4.79 Å². The fourth-order valence-corrected chi connectivity index (χ4v) is 2.61. The molecular formula is C16H13IOS. The highest BCUT2D eigenvalue weighted by Gasteiger charge is 2.01. The molecular weight excluding hydrogens is 367 g/mol. The predicted octanol–water partition coefficient (Wildman–Crippen LogP) is 4.91. The quantitative estimate of drug-likeness (QED) is 0.325. The van der Waals surface area contributed by atoms with Gasteiger partial charge >= 0.3 is 0 Å². The second kappa shape index (κ2) is 6.91. The number of thioether (sulfide) groups is 1. The molecule has 0 aliphatic carbocycles. The van der Waals surface area contributed by atoms with Crippen LogP contribution in [0.25, 0.3) is 6.08 Å². The molecule has 0 unspecified atom stereocenters. The Kier molecular flexibility index (Phi) is 5.22. The van der Waals surface area contributed by atoms with Gasteiger partial charge in [0.1, 0.15) is 0 Å². The van der Waals surface area contributed by atoms with Gasteiger partial charge < -0.3 is 0 Å². The maximum absolute atomic E-state index is 12.0. The molecule has 0 saturated carbocycles. The number of hydrogen-bond acceptors (Lipinski definition) is 2. The molecule has 0 heterocycles. The summed E-state index contributed by atoms with van der Waals surface area (Å²) in [6, 6.07) is 15.7. The average molecular weight is 380 g/mol. The zero-order valence-corrected chi connectivity index (χ0v) is 13.4. The number of benzene rings is 2. The summed E-state index contributed by atoms with van der Waals surface area (Å²) >= 11 is 3.93. The third-order valence-corrected chi connectivity index (χ3v) is 4.06. The molecule has 0 atom stereocenters. The molecule has 0 N–H and O–H groups in total. The Bertz CT molecular complexity index is 602. The molecule has 1 nitrogen and oxygen atoms in total. The molecule has 0 spiro atoms. The lowest BCUT2D eigenvalue weighted by atomic mass is 10.1. The average Bonchev–Trinajstić information content (AvgIpc) is 2.45. The van der Waals surface area contributed by atoms with Gasteiger partial charge in [0.2, 0.25) is 0 Å². The molecule has 19 heavy (non-hydrogen) atoms. The fraction of sp³-hybridized carbons (Fsp3) is 0.0625. The Balaban J connectivity index is 2.11. The van der Waals surface area contributed by atoms with E-state index in [1.54, 1.807) is 17.8 Å². The topological polar surface area (TPSA) is 17.1 Å². The van der Waals surface area contributed by atoms with Crippen LogP contribution in [-0.4, -0.2) is 12.0 Å². The van der Waals surface area contributed by atoms with E-state index in [0.29, 0.717) is 0 Å². The largest absolute Gasteiger partial charge is 0.289 e. The van der Waals surface area contributed by atoms with Crippen molar-refractivity contribution in [3.63, 3.8) is 0 Å². The predicted molar refractivity (Wildman–Crippen MR) is 90.7 cm³/mol. The number of rotatable bonds is 4. The van der Waals surface area contributed by atoms with Crippen LogP contribution in [0.2, 0.25) is 0 Å². The Hall–Kier alpha value is -1.07. The van der Waals surface area contributed by atoms with Gasteiger partial charge in [0.05, 0.1) is 0 Å². The second-order valence-corrected chi connectivity index (χ2v) is 6.11. The van der Waals surface area contributed by atoms with Crippen LogP contribution in [0.15, 0.2) is 59.5 Å². The molecule has 2 rings (SSSR count). The van der Waals surface area contributed by atoms with Gasteiger partial charge in [-0.1, -0.05) is 18.2 Å². The standard InChI is InChI=1S/C16H13IOS/c1-19-15-8-6-13(7-9-15)16(18)10-5-12-3-2-4-14(17)11-12/h2-11H,1H3/b10-5+. The van der Waals surface area contributed by atoms with E-state index in [1.807, 2.05) is 60.9 Å². The zero-order valence-electron chi connectivity index (χ0n) is 10.5. The molecule has 0 aromatic heterocycles. The van der Waals surface area contributed by atoms with Crippen LogP contribution < -0.4 is 0 Å². The van der Waals surface area contributed by atoms with Gasteiger partial charge in [0.15, 0.2) is 5.78 Å². The van der Waals surface area contributed by atoms with Gasteiger partial charge in [-0.05, 0) is 76.9 Å². The summed E-state index contributed by atoms with van der Waals surface area (Å²) < 4.78 is 1.16. The number of carbonyl (C=O) groups excluding carboxylic acids is 1. The molecule has 96 valence electrons. The van der Waals surface area contributed by atoms with Crippen molar-refractivity contribution in [1.82, 2.24) is 0 Å². The van der Waals surface area contributed by atoms with Gasteiger partial charge in [0.25, 0.3) is 0 Å². The van der Waals surface area contributed by atoms with Gasteiger partial charge in [-0.3, -0.25) is 4.79 Å². The highest BCUT2D eigenvalue weighted by atomic mass is 127. The molecule has 0 fully saturated rings. The summed E-state index contributed by atoms with van der Waals surface area (Å²) in [4.78, 5) is 13.2. The third-order valence-electron chi connectivity index (χ3n) is 2.65. The minimum atomic E-state index is 0.0338. The van der Waals surface area contributed by atoms with E-state index >= 15 is 0 Å². The second-order valence-electron chi connectivity index (χ2n) is 3.98. The highest BCUT2D eigenvalue weighted by Crippen LogP contribution is 2.16. The fourth-order valence-electron chi connectivity index (χ4n) is 1.63. The molecule has 3 heteroatoms. The molecule has 0 saturated heterocycles. The summed E-state index contributed by atoms with van der Waals surface area (Å²) in [6.07, 6.45) is 5.50. The zero-order chi connectivity index (χ0) is 13.7. The number of hydrogen-bond donors (Lipinski definition) is 0. The monoisotopic (exact) mass is 380 g/mol. The van der Waals surface area contributed by atoms with E-state index in [0.717, 1.165) is 19.6 Å². The first-order valence-electron chi connectivity index (χ1n) is 5.81. The van der Waals surface area contributed by atoms with Crippen molar-refractivity contribution < 1.29 is 4.79 Å². The van der Waals surface area contributed by atoms with Crippen LogP contribution in [0.4, 0.5) is 0 Å². The highest BCUT2D eigenvalue weighted by molar-refractivity contribution is 14.1. The number of ketones is 1. The minimum Gasteiger partial charge on any atom is -0.289 e. The van der Waals surface area contributed by atoms with Gasteiger partial charge in [-0.25, -0.2) is 0 Å². The van der Waals surface area contributed by atoms with E-state index in [1.165, 1.54) is 0 Å². The molecule has 2 aromatic rings. The number of allylic oxidation sites excluding steroid dienone is 1. The van der Waals surface area contributed by atoms with Crippen LogP contribution in [0.3, 0.4) is 0 Å². The van der Waals surface area contributed by atoms with Crippen LogP contribution in [-0.2, 0) is 0 Å². The van der Waals surface area contributed by atoms with Crippen LogP contribution in [0.5, 0.6) is 0 Å². The smallest absolute Gasteiger partial charge is 0.185 e. The van der Waals surface area contributed by atoms with E-state index in [4.69, 9.17) is 0 Å². The molecule has 0 amide bonds. The Morgan fingerprint density at radius 1 is 1.16 bits per heavy atom. The molecule has 0 radical (unpaired) electrons. The maximum atomic E-state index is 12.0.